The molecule has 0 bridgehead atoms. The van der Waals surface area contributed by atoms with Gasteiger partial charge in [0, 0.05) is 17.3 Å². The topological polar surface area (TPSA) is 56.5 Å². The molecule has 1 aliphatic rings. The van der Waals surface area contributed by atoms with E-state index in [1.165, 1.54) is 0 Å². The third-order valence-electron chi connectivity index (χ3n) is 3.59. The number of hydrogen-bond acceptors (Lipinski definition) is 4. The van der Waals surface area contributed by atoms with Crippen molar-refractivity contribution < 1.29 is 4.79 Å². The molecular weight excluding hydrogens is 286 g/mol. The number of Topliss-reactive ketones (excluding diaryl/α,β-unsaturated/α-hetero) is 1. The van der Waals surface area contributed by atoms with E-state index in [1.807, 2.05) is 48.5 Å². The quantitative estimate of drug-likeness (QED) is 0.816. The normalized spacial score (nSPS) is 13.8. The van der Waals surface area contributed by atoms with E-state index in [2.05, 4.69) is 11.1 Å². The number of rotatable bonds is 4. The Kier molecular flexibility index (Phi) is 4.30. The van der Waals surface area contributed by atoms with Crippen molar-refractivity contribution in [2.75, 3.05) is 13.2 Å². The molecule has 0 saturated heterocycles. The number of carbonyl (C=O) groups is 1. The molecule has 4 nitrogen and oxygen atoms in total. The van der Waals surface area contributed by atoms with Gasteiger partial charge in [0.15, 0.2) is 5.78 Å². The number of benzene rings is 2. The van der Waals surface area contributed by atoms with E-state index in [4.69, 9.17) is 0 Å². The van der Waals surface area contributed by atoms with Crippen LogP contribution in [0.2, 0.25) is 0 Å². The highest BCUT2D eigenvalue weighted by Crippen LogP contribution is 2.15. The molecule has 2 aromatic rings. The maximum Gasteiger partial charge on any atom is 0.182 e. The Balaban J connectivity index is 1.76. The smallest absolute Gasteiger partial charge is 0.182 e. The number of ketones is 1. The van der Waals surface area contributed by atoms with Gasteiger partial charge in [-0.1, -0.05) is 60.7 Å². The standard InChI is InChI=1S/C19H15N3O/c20-11-17-12-22(13-18(23)15-7-3-1-4-8-15)14-21-19(17)16-9-5-2-6-10-16/h1-10,12H,13-14H2. The fourth-order valence-corrected chi connectivity index (χ4v) is 2.45. The van der Waals surface area contributed by atoms with Crippen LogP contribution in [0.5, 0.6) is 0 Å². The minimum absolute atomic E-state index is 0.0116. The highest BCUT2D eigenvalue weighted by molar-refractivity contribution is 6.15. The van der Waals surface area contributed by atoms with E-state index in [9.17, 15) is 10.1 Å². The van der Waals surface area contributed by atoms with Crippen LogP contribution in [-0.4, -0.2) is 29.6 Å². The Bertz CT molecular complexity index is 802. The number of nitriles is 1. The fourth-order valence-electron chi connectivity index (χ4n) is 2.45. The molecule has 4 heteroatoms. The van der Waals surface area contributed by atoms with Crippen molar-refractivity contribution in [1.82, 2.24) is 4.90 Å². The lowest BCUT2D eigenvalue weighted by molar-refractivity contribution is 0.0956. The van der Waals surface area contributed by atoms with Crippen LogP contribution in [0, 0.1) is 11.3 Å². The van der Waals surface area contributed by atoms with Crippen molar-refractivity contribution >= 4 is 11.5 Å². The Labute approximate surface area is 135 Å². The molecule has 0 saturated carbocycles. The molecule has 0 spiro atoms. The largest absolute Gasteiger partial charge is 0.349 e. The van der Waals surface area contributed by atoms with Crippen molar-refractivity contribution in [3.8, 4) is 6.07 Å². The second-order valence-electron chi connectivity index (χ2n) is 5.20. The van der Waals surface area contributed by atoms with E-state index in [0.29, 0.717) is 23.5 Å². The highest BCUT2D eigenvalue weighted by atomic mass is 16.1. The first-order valence-corrected chi connectivity index (χ1v) is 7.32. The molecule has 2 aromatic carbocycles. The Hall–Kier alpha value is -3.19. The summed E-state index contributed by atoms with van der Waals surface area (Å²) < 4.78 is 0. The minimum Gasteiger partial charge on any atom is -0.349 e. The number of hydrogen-bond donors (Lipinski definition) is 0. The predicted octanol–water partition coefficient (Wildman–Crippen LogP) is 3.04. The second kappa shape index (κ2) is 6.71. The van der Waals surface area contributed by atoms with E-state index >= 15 is 0 Å². The van der Waals surface area contributed by atoms with Gasteiger partial charge in [0.1, 0.15) is 12.7 Å². The van der Waals surface area contributed by atoms with Gasteiger partial charge in [-0.05, 0) is 0 Å². The first kappa shape index (κ1) is 14.7. The van der Waals surface area contributed by atoms with E-state index < -0.39 is 0 Å². The number of carbonyl (C=O) groups excluding carboxylic acids is 1. The molecule has 0 aromatic heterocycles. The van der Waals surface area contributed by atoms with Crippen LogP contribution in [0.15, 0.2) is 77.4 Å². The summed E-state index contributed by atoms with van der Waals surface area (Å²) in [6.07, 6.45) is 1.72. The van der Waals surface area contributed by atoms with Gasteiger partial charge in [-0.15, -0.1) is 0 Å². The predicted molar refractivity (Wildman–Crippen MR) is 89.0 cm³/mol. The van der Waals surface area contributed by atoms with Gasteiger partial charge in [-0.3, -0.25) is 9.79 Å². The lowest BCUT2D eigenvalue weighted by Crippen LogP contribution is -2.30. The first-order chi connectivity index (χ1) is 11.3. The molecule has 0 N–H and O–H groups in total. The maximum atomic E-state index is 12.3. The van der Waals surface area contributed by atoms with Crippen LogP contribution in [0.4, 0.5) is 0 Å². The molecule has 0 fully saturated rings. The molecular formula is C19H15N3O. The molecule has 0 radical (unpaired) electrons. The second-order valence-corrected chi connectivity index (χ2v) is 5.20. The maximum absolute atomic E-state index is 12.3. The number of aliphatic imine (C=N–C) groups is 1. The van der Waals surface area contributed by atoms with Gasteiger partial charge < -0.3 is 4.90 Å². The summed E-state index contributed by atoms with van der Waals surface area (Å²) in [5.74, 6) is 0.0116. The molecule has 3 rings (SSSR count). The van der Waals surface area contributed by atoms with Crippen molar-refractivity contribution in [1.29, 1.82) is 5.26 Å². The highest BCUT2D eigenvalue weighted by Gasteiger charge is 2.18. The molecule has 0 atom stereocenters. The molecule has 0 amide bonds. The third-order valence-corrected chi connectivity index (χ3v) is 3.59. The zero-order chi connectivity index (χ0) is 16.1. The zero-order valence-corrected chi connectivity index (χ0v) is 12.5. The van der Waals surface area contributed by atoms with E-state index in [1.54, 1.807) is 23.2 Å². The van der Waals surface area contributed by atoms with Gasteiger partial charge in [0.05, 0.1) is 17.8 Å². The van der Waals surface area contributed by atoms with Crippen molar-refractivity contribution in [2.45, 2.75) is 0 Å². The summed E-state index contributed by atoms with van der Waals surface area (Å²) >= 11 is 0. The van der Waals surface area contributed by atoms with Crippen LogP contribution in [0.25, 0.3) is 0 Å². The molecule has 0 unspecified atom stereocenters. The first-order valence-electron chi connectivity index (χ1n) is 7.32. The molecule has 112 valence electrons. The van der Waals surface area contributed by atoms with Gasteiger partial charge in [0.2, 0.25) is 0 Å². The lowest BCUT2D eigenvalue weighted by Gasteiger charge is -2.23. The van der Waals surface area contributed by atoms with Gasteiger partial charge in [0.25, 0.3) is 0 Å². The van der Waals surface area contributed by atoms with Crippen LogP contribution in [0.1, 0.15) is 15.9 Å². The summed E-state index contributed by atoms with van der Waals surface area (Å²) in [6.45, 7) is 0.578. The SMILES string of the molecule is N#CC1=CN(CC(=O)c2ccccc2)CN=C1c1ccccc1. The summed E-state index contributed by atoms with van der Waals surface area (Å²) in [5, 5.41) is 9.38. The molecule has 1 aliphatic heterocycles. The number of nitrogens with zero attached hydrogens (tertiary/aromatic N) is 3. The lowest BCUT2D eigenvalue weighted by atomic mass is 10.0. The van der Waals surface area contributed by atoms with E-state index in [-0.39, 0.29) is 12.3 Å². The minimum atomic E-state index is 0.0116. The van der Waals surface area contributed by atoms with Crippen molar-refractivity contribution in [3.05, 3.63) is 83.6 Å². The summed E-state index contributed by atoms with van der Waals surface area (Å²) in [6, 6.07) is 20.9. The zero-order valence-electron chi connectivity index (χ0n) is 12.5. The van der Waals surface area contributed by atoms with Crippen molar-refractivity contribution in [2.24, 2.45) is 4.99 Å². The van der Waals surface area contributed by atoms with Gasteiger partial charge in [-0.25, -0.2) is 0 Å². The molecule has 0 aliphatic carbocycles. The van der Waals surface area contributed by atoms with Crippen molar-refractivity contribution in [3.63, 3.8) is 0 Å². The average molecular weight is 301 g/mol. The summed E-state index contributed by atoms with van der Waals surface area (Å²) in [7, 11) is 0. The average Bonchev–Trinajstić information content (AvgIpc) is 2.63. The van der Waals surface area contributed by atoms with Crippen LogP contribution in [0.3, 0.4) is 0 Å². The molecule has 23 heavy (non-hydrogen) atoms. The van der Waals surface area contributed by atoms with Crippen LogP contribution in [-0.2, 0) is 0 Å². The van der Waals surface area contributed by atoms with Gasteiger partial charge >= 0.3 is 0 Å². The number of allylic oxidation sites excluding steroid dienone is 1. The van der Waals surface area contributed by atoms with Crippen LogP contribution < -0.4 is 0 Å². The molecule has 1 heterocycles. The summed E-state index contributed by atoms with van der Waals surface area (Å²) in [4.78, 5) is 18.5. The monoisotopic (exact) mass is 301 g/mol. The Morgan fingerprint density at radius 2 is 1.74 bits per heavy atom. The van der Waals surface area contributed by atoms with Gasteiger partial charge in [-0.2, -0.15) is 5.26 Å². The van der Waals surface area contributed by atoms with Crippen LogP contribution >= 0.6 is 0 Å². The van der Waals surface area contributed by atoms with E-state index in [0.717, 1.165) is 5.56 Å². The Morgan fingerprint density at radius 3 is 2.39 bits per heavy atom. The third kappa shape index (κ3) is 3.35. The Morgan fingerprint density at radius 1 is 1.09 bits per heavy atom. The summed E-state index contributed by atoms with van der Waals surface area (Å²) in [5.41, 5.74) is 2.73. The fraction of sp³-hybridized carbons (Fsp3) is 0.105.